The van der Waals surface area contributed by atoms with Crippen molar-refractivity contribution in [2.45, 2.75) is 79.4 Å². The van der Waals surface area contributed by atoms with Crippen molar-refractivity contribution in [2.75, 3.05) is 0 Å². The molecule has 0 radical (unpaired) electrons. The fourth-order valence-corrected chi connectivity index (χ4v) is 5.99. The number of aliphatic hydroxyl groups excluding tert-OH is 1. The molecular weight excluding hydrogens is 514 g/mol. The van der Waals surface area contributed by atoms with Gasteiger partial charge >= 0.3 is 0 Å². The molecule has 2 aromatic carbocycles. The highest BCUT2D eigenvalue weighted by atomic mass is 35.5. The monoisotopic (exact) mass is 553 g/mol. The molecule has 6 heteroatoms. The molecule has 1 heterocycles. The quantitative estimate of drug-likeness (QED) is 0.293. The summed E-state index contributed by atoms with van der Waals surface area (Å²) in [6.45, 7) is 10.5. The second-order valence-corrected chi connectivity index (χ2v) is 11.8. The van der Waals surface area contributed by atoms with Crippen molar-refractivity contribution >= 4 is 40.5 Å². The first-order valence-corrected chi connectivity index (χ1v) is 14.6. The minimum Gasteiger partial charge on any atom is -0.490 e. The van der Waals surface area contributed by atoms with Gasteiger partial charge in [-0.25, -0.2) is 0 Å². The van der Waals surface area contributed by atoms with Crippen LogP contribution in [0.3, 0.4) is 0 Å². The summed E-state index contributed by atoms with van der Waals surface area (Å²) in [5.74, 6) is 0.902. The maximum Gasteiger partial charge on any atom is 0.248 e. The SMILES string of the molecule is CCC(C)/C(=C\c1sc(CO)cc1C)c1ccc(OC2CCCC2)cc1Cl.Cc1ccc(C(N)=O)c(C)c1. The predicted octanol–water partition coefficient (Wildman–Crippen LogP) is 8.51. The smallest absolute Gasteiger partial charge is 0.248 e. The fourth-order valence-electron chi connectivity index (χ4n) is 4.72. The van der Waals surface area contributed by atoms with E-state index >= 15 is 0 Å². The zero-order valence-corrected chi connectivity index (χ0v) is 24.7. The van der Waals surface area contributed by atoms with Gasteiger partial charge in [0.15, 0.2) is 0 Å². The molecule has 3 aromatic rings. The molecule has 38 heavy (non-hydrogen) atoms. The predicted molar refractivity (Wildman–Crippen MR) is 161 cm³/mol. The average molecular weight is 554 g/mol. The molecule has 0 spiro atoms. The van der Waals surface area contributed by atoms with Crippen LogP contribution in [0, 0.1) is 26.7 Å². The van der Waals surface area contributed by atoms with E-state index in [0.717, 1.165) is 51.6 Å². The van der Waals surface area contributed by atoms with Gasteiger partial charge in [0.2, 0.25) is 5.91 Å². The summed E-state index contributed by atoms with van der Waals surface area (Å²) in [5.41, 5.74) is 11.3. The van der Waals surface area contributed by atoms with Crippen LogP contribution in [0.2, 0.25) is 5.02 Å². The van der Waals surface area contributed by atoms with Crippen molar-refractivity contribution in [3.05, 3.63) is 85.1 Å². The number of hydrogen-bond donors (Lipinski definition) is 2. The molecule has 1 atom stereocenters. The van der Waals surface area contributed by atoms with E-state index in [1.54, 1.807) is 17.4 Å². The highest BCUT2D eigenvalue weighted by Crippen LogP contribution is 2.37. The number of benzene rings is 2. The van der Waals surface area contributed by atoms with Crippen molar-refractivity contribution in [3.8, 4) is 5.75 Å². The van der Waals surface area contributed by atoms with Crippen LogP contribution < -0.4 is 10.5 Å². The number of carbonyl (C=O) groups is 1. The number of allylic oxidation sites excluding steroid dienone is 1. The van der Waals surface area contributed by atoms with Crippen LogP contribution in [0.15, 0.2) is 42.5 Å². The second-order valence-electron chi connectivity index (χ2n) is 10.2. The number of carbonyl (C=O) groups excluding carboxylic acids is 1. The summed E-state index contributed by atoms with van der Waals surface area (Å²) in [6, 6.07) is 13.8. The topological polar surface area (TPSA) is 72.6 Å². The molecule has 1 aliphatic rings. The van der Waals surface area contributed by atoms with Gasteiger partial charge in [-0.1, -0.05) is 43.1 Å². The maximum atomic E-state index is 10.8. The Hall–Kier alpha value is -2.60. The highest BCUT2D eigenvalue weighted by Gasteiger charge is 2.19. The van der Waals surface area contributed by atoms with E-state index in [2.05, 4.69) is 45.0 Å². The Kier molecular flexibility index (Phi) is 11.0. The summed E-state index contributed by atoms with van der Waals surface area (Å²) < 4.78 is 6.10. The van der Waals surface area contributed by atoms with Crippen molar-refractivity contribution < 1.29 is 14.6 Å². The van der Waals surface area contributed by atoms with Gasteiger partial charge < -0.3 is 15.6 Å². The molecule has 204 valence electrons. The van der Waals surface area contributed by atoms with E-state index in [-0.39, 0.29) is 12.5 Å². The molecule has 1 saturated carbocycles. The fraction of sp³-hybridized carbons (Fsp3) is 0.406. The lowest BCUT2D eigenvalue weighted by atomic mass is 9.91. The summed E-state index contributed by atoms with van der Waals surface area (Å²) in [4.78, 5) is 12.9. The number of nitrogens with two attached hydrogens (primary N) is 1. The van der Waals surface area contributed by atoms with E-state index in [9.17, 15) is 9.90 Å². The number of aryl methyl sites for hydroxylation is 3. The number of halogens is 1. The number of aliphatic hydroxyl groups is 1. The van der Waals surface area contributed by atoms with Gasteiger partial charge in [0, 0.05) is 15.3 Å². The van der Waals surface area contributed by atoms with Gasteiger partial charge in [-0.3, -0.25) is 4.79 Å². The summed E-state index contributed by atoms with van der Waals surface area (Å²) in [5, 5.41) is 10.2. The van der Waals surface area contributed by atoms with Crippen molar-refractivity contribution in [1.82, 2.24) is 0 Å². The minimum atomic E-state index is -0.359. The van der Waals surface area contributed by atoms with Crippen LogP contribution in [-0.4, -0.2) is 17.1 Å². The molecule has 0 bridgehead atoms. The third-order valence-electron chi connectivity index (χ3n) is 7.10. The molecule has 4 rings (SSSR count). The molecule has 1 aromatic heterocycles. The molecule has 0 aliphatic heterocycles. The van der Waals surface area contributed by atoms with Crippen molar-refractivity contribution in [1.29, 1.82) is 0 Å². The van der Waals surface area contributed by atoms with Crippen LogP contribution >= 0.6 is 22.9 Å². The van der Waals surface area contributed by atoms with E-state index in [1.165, 1.54) is 28.9 Å². The largest absolute Gasteiger partial charge is 0.490 e. The highest BCUT2D eigenvalue weighted by molar-refractivity contribution is 7.13. The number of rotatable bonds is 8. The van der Waals surface area contributed by atoms with Gasteiger partial charge in [0.1, 0.15) is 5.75 Å². The molecule has 1 fully saturated rings. The molecule has 4 nitrogen and oxygen atoms in total. The summed E-state index contributed by atoms with van der Waals surface area (Å²) in [6.07, 6.45) is 8.42. The van der Waals surface area contributed by atoms with Gasteiger partial charge in [-0.2, -0.15) is 0 Å². The Labute approximate surface area is 236 Å². The van der Waals surface area contributed by atoms with Crippen LogP contribution in [0.4, 0.5) is 0 Å². The van der Waals surface area contributed by atoms with Gasteiger partial charge in [-0.15, -0.1) is 11.3 Å². The van der Waals surface area contributed by atoms with E-state index in [4.69, 9.17) is 22.1 Å². The van der Waals surface area contributed by atoms with Crippen molar-refractivity contribution in [2.24, 2.45) is 11.7 Å². The molecule has 1 aliphatic carbocycles. The lowest BCUT2D eigenvalue weighted by Crippen LogP contribution is -2.12. The van der Waals surface area contributed by atoms with Gasteiger partial charge in [-0.05, 0) is 117 Å². The lowest BCUT2D eigenvalue weighted by Gasteiger charge is -2.18. The van der Waals surface area contributed by atoms with Crippen LogP contribution in [0.1, 0.15) is 88.3 Å². The molecule has 0 saturated heterocycles. The first-order chi connectivity index (χ1) is 18.1. The molecule has 1 amide bonds. The molecular formula is C32H40ClNO3S. The summed E-state index contributed by atoms with van der Waals surface area (Å²) in [7, 11) is 0. The third-order valence-corrected chi connectivity index (χ3v) is 8.58. The van der Waals surface area contributed by atoms with Crippen LogP contribution in [-0.2, 0) is 6.61 Å². The Balaban J connectivity index is 0.000000304. The number of amides is 1. The normalized spacial score (nSPS) is 14.7. The van der Waals surface area contributed by atoms with E-state index < -0.39 is 0 Å². The zero-order chi connectivity index (χ0) is 27.8. The standard InChI is InChI=1S/C23H29ClO2S.C9H11NO/c1-4-15(2)21(13-23-16(3)11-19(14-25)27-23)20-10-9-18(12-22(20)24)26-17-7-5-6-8-17;1-6-3-4-8(9(10)11)7(2)5-6/h9-13,15,17,25H,4-8,14H2,1-3H3;3-5H,1-2H3,(H2,10,11)/b21-13+;. The zero-order valence-electron chi connectivity index (χ0n) is 23.1. The van der Waals surface area contributed by atoms with Crippen LogP contribution in [0.5, 0.6) is 5.75 Å². The number of ether oxygens (including phenoxy) is 1. The molecule has 1 unspecified atom stereocenters. The lowest BCUT2D eigenvalue weighted by molar-refractivity contribution is 0.0999. The maximum absolute atomic E-state index is 10.8. The number of primary amides is 1. The average Bonchev–Trinajstić information content (AvgIpc) is 3.52. The third kappa shape index (κ3) is 7.95. The number of hydrogen-bond acceptors (Lipinski definition) is 4. The number of thiophene rings is 1. The Morgan fingerprint density at radius 2 is 1.79 bits per heavy atom. The molecule has 3 N–H and O–H groups in total. The minimum absolute atomic E-state index is 0.0893. The Morgan fingerprint density at radius 3 is 2.34 bits per heavy atom. The first kappa shape index (κ1) is 29.9. The van der Waals surface area contributed by atoms with Gasteiger partial charge in [0.25, 0.3) is 0 Å². The summed E-state index contributed by atoms with van der Waals surface area (Å²) >= 11 is 8.34. The Morgan fingerprint density at radius 1 is 1.11 bits per heavy atom. The van der Waals surface area contributed by atoms with Gasteiger partial charge in [0.05, 0.1) is 17.7 Å². The van der Waals surface area contributed by atoms with Crippen LogP contribution in [0.25, 0.3) is 11.6 Å². The van der Waals surface area contributed by atoms with E-state index in [0.29, 0.717) is 17.6 Å². The second kappa shape index (κ2) is 14.0. The Bertz CT molecular complexity index is 1270. The van der Waals surface area contributed by atoms with Crippen molar-refractivity contribution in [3.63, 3.8) is 0 Å². The van der Waals surface area contributed by atoms with E-state index in [1.807, 2.05) is 32.0 Å². The first-order valence-electron chi connectivity index (χ1n) is 13.4.